The van der Waals surface area contributed by atoms with Gasteiger partial charge in [-0.3, -0.25) is 4.79 Å². The second kappa shape index (κ2) is 4.84. The predicted molar refractivity (Wildman–Crippen MR) is 63.8 cm³/mol. The SMILES string of the molecule is Cc1cc(C(=O)Nc2ccccc2)c(CO)o1. The summed E-state index contributed by atoms with van der Waals surface area (Å²) in [5, 5.41) is 11.8. The number of aliphatic hydroxyl groups excluding tert-OH is 1. The van der Waals surface area contributed by atoms with Gasteiger partial charge in [-0.15, -0.1) is 0 Å². The Balaban J connectivity index is 2.20. The summed E-state index contributed by atoms with van der Waals surface area (Å²) in [6.45, 7) is 1.45. The quantitative estimate of drug-likeness (QED) is 0.852. The van der Waals surface area contributed by atoms with E-state index >= 15 is 0 Å². The van der Waals surface area contributed by atoms with Crippen LogP contribution < -0.4 is 5.32 Å². The van der Waals surface area contributed by atoms with Crippen LogP contribution in [0.4, 0.5) is 5.69 Å². The second-order valence-corrected chi connectivity index (χ2v) is 3.67. The lowest BCUT2D eigenvalue weighted by Gasteiger charge is -2.03. The first-order valence-corrected chi connectivity index (χ1v) is 5.27. The largest absolute Gasteiger partial charge is 0.463 e. The fourth-order valence-corrected chi connectivity index (χ4v) is 1.59. The lowest BCUT2D eigenvalue weighted by atomic mass is 10.2. The molecule has 1 heterocycles. The predicted octanol–water partition coefficient (Wildman–Crippen LogP) is 2.33. The number of furan rings is 1. The van der Waals surface area contributed by atoms with Crippen LogP contribution in [0.15, 0.2) is 40.8 Å². The van der Waals surface area contributed by atoms with Gasteiger partial charge in [-0.05, 0) is 25.1 Å². The summed E-state index contributed by atoms with van der Waals surface area (Å²) in [4.78, 5) is 11.9. The Labute approximate surface area is 98.9 Å². The highest BCUT2D eigenvalue weighted by Crippen LogP contribution is 2.17. The van der Waals surface area contributed by atoms with E-state index in [1.165, 1.54) is 0 Å². The molecule has 0 unspecified atom stereocenters. The van der Waals surface area contributed by atoms with E-state index in [0.717, 1.165) is 0 Å². The number of nitrogens with one attached hydrogen (secondary N) is 1. The standard InChI is InChI=1S/C13H13NO3/c1-9-7-11(12(8-15)17-9)13(16)14-10-5-3-2-4-6-10/h2-7,15H,8H2,1H3,(H,14,16). The molecule has 1 aromatic carbocycles. The summed E-state index contributed by atoms with van der Waals surface area (Å²) in [6, 6.07) is 10.7. The molecule has 0 fully saturated rings. The zero-order valence-electron chi connectivity index (χ0n) is 9.43. The molecule has 0 saturated carbocycles. The van der Waals surface area contributed by atoms with E-state index in [1.54, 1.807) is 25.1 Å². The lowest BCUT2D eigenvalue weighted by Crippen LogP contribution is -2.12. The zero-order valence-corrected chi connectivity index (χ0v) is 9.43. The van der Waals surface area contributed by atoms with Gasteiger partial charge in [0, 0.05) is 5.69 Å². The zero-order chi connectivity index (χ0) is 12.3. The molecule has 1 aromatic heterocycles. The van der Waals surface area contributed by atoms with Gasteiger partial charge in [0.05, 0.1) is 5.56 Å². The van der Waals surface area contributed by atoms with Crippen LogP contribution in [0.1, 0.15) is 21.9 Å². The van der Waals surface area contributed by atoms with Crippen LogP contribution in [-0.4, -0.2) is 11.0 Å². The minimum absolute atomic E-state index is 0.280. The molecule has 2 aromatic rings. The maximum absolute atomic E-state index is 11.9. The first-order chi connectivity index (χ1) is 8.20. The minimum atomic E-state index is -0.286. The first kappa shape index (κ1) is 11.4. The third-order valence-corrected chi connectivity index (χ3v) is 2.35. The molecule has 0 bridgehead atoms. The fraction of sp³-hybridized carbons (Fsp3) is 0.154. The summed E-state index contributed by atoms with van der Waals surface area (Å²) in [6.07, 6.45) is 0. The summed E-state index contributed by atoms with van der Waals surface area (Å²) in [5.41, 5.74) is 1.08. The van der Waals surface area contributed by atoms with Crippen molar-refractivity contribution in [3.8, 4) is 0 Å². The summed E-state index contributed by atoms with van der Waals surface area (Å²) >= 11 is 0. The smallest absolute Gasteiger partial charge is 0.259 e. The highest BCUT2D eigenvalue weighted by atomic mass is 16.4. The van der Waals surface area contributed by atoms with Gasteiger partial charge in [0.15, 0.2) is 0 Å². The number of carbonyl (C=O) groups is 1. The number of hydrogen-bond donors (Lipinski definition) is 2. The number of aryl methyl sites for hydroxylation is 1. The van der Waals surface area contributed by atoms with Crippen molar-refractivity contribution >= 4 is 11.6 Å². The van der Waals surface area contributed by atoms with Gasteiger partial charge >= 0.3 is 0 Å². The molecule has 4 nitrogen and oxygen atoms in total. The van der Waals surface area contributed by atoms with E-state index < -0.39 is 0 Å². The van der Waals surface area contributed by atoms with Crippen LogP contribution in [-0.2, 0) is 6.61 Å². The van der Waals surface area contributed by atoms with Crippen LogP contribution in [0.2, 0.25) is 0 Å². The van der Waals surface area contributed by atoms with E-state index in [-0.39, 0.29) is 18.3 Å². The number of para-hydroxylation sites is 1. The van der Waals surface area contributed by atoms with Crippen LogP contribution >= 0.6 is 0 Å². The Hall–Kier alpha value is -2.07. The fourth-order valence-electron chi connectivity index (χ4n) is 1.59. The molecule has 0 spiro atoms. The Morgan fingerprint density at radius 1 is 1.35 bits per heavy atom. The monoisotopic (exact) mass is 231 g/mol. The van der Waals surface area contributed by atoms with Gasteiger partial charge < -0.3 is 14.8 Å². The first-order valence-electron chi connectivity index (χ1n) is 5.27. The third kappa shape index (κ3) is 2.54. The molecule has 88 valence electrons. The van der Waals surface area contributed by atoms with Gasteiger partial charge in [-0.1, -0.05) is 18.2 Å². The molecule has 17 heavy (non-hydrogen) atoms. The molecular weight excluding hydrogens is 218 g/mol. The van der Waals surface area contributed by atoms with Crippen LogP contribution in [0.3, 0.4) is 0 Å². The maximum Gasteiger partial charge on any atom is 0.259 e. The number of rotatable bonds is 3. The highest BCUT2D eigenvalue weighted by Gasteiger charge is 2.15. The number of carbonyl (C=O) groups excluding carboxylic acids is 1. The molecular formula is C13H13NO3. The molecule has 2 N–H and O–H groups in total. The van der Waals surface area contributed by atoms with Gasteiger partial charge in [-0.25, -0.2) is 0 Å². The summed E-state index contributed by atoms with van der Waals surface area (Å²) in [7, 11) is 0. The average Bonchev–Trinajstić information content (AvgIpc) is 2.72. The van der Waals surface area contributed by atoms with Crippen LogP contribution in [0.5, 0.6) is 0 Å². The van der Waals surface area contributed by atoms with E-state index in [9.17, 15) is 4.79 Å². The minimum Gasteiger partial charge on any atom is -0.463 e. The molecule has 1 amide bonds. The maximum atomic E-state index is 11.9. The van der Waals surface area contributed by atoms with Crippen molar-refractivity contribution in [2.45, 2.75) is 13.5 Å². The van der Waals surface area contributed by atoms with Crippen LogP contribution in [0, 0.1) is 6.92 Å². The number of anilines is 1. The molecule has 4 heteroatoms. The Kier molecular flexibility index (Phi) is 3.25. The molecule has 0 aliphatic carbocycles. The van der Waals surface area contributed by atoms with Crippen molar-refractivity contribution in [2.24, 2.45) is 0 Å². The van der Waals surface area contributed by atoms with E-state index in [4.69, 9.17) is 9.52 Å². The normalized spacial score (nSPS) is 10.2. The Morgan fingerprint density at radius 3 is 2.71 bits per heavy atom. The molecule has 0 aliphatic heterocycles. The number of benzene rings is 1. The molecule has 2 rings (SSSR count). The Morgan fingerprint density at radius 2 is 2.06 bits per heavy atom. The van der Waals surface area contributed by atoms with Gasteiger partial charge in [0.1, 0.15) is 18.1 Å². The van der Waals surface area contributed by atoms with Crippen molar-refractivity contribution in [3.63, 3.8) is 0 Å². The van der Waals surface area contributed by atoms with E-state index in [0.29, 0.717) is 17.0 Å². The van der Waals surface area contributed by atoms with E-state index in [1.807, 2.05) is 18.2 Å². The summed E-state index contributed by atoms with van der Waals surface area (Å²) in [5.74, 6) is 0.611. The Bertz CT molecular complexity index is 517. The molecule has 0 aliphatic rings. The second-order valence-electron chi connectivity index (χ2n) is 3.67. The van der Waals surface area contributed by atoms with Crippen molar-refractivity contribution in [2.75, 3.05) is 5.32 Å². The average molecular weight is 231 g/mol. The lowest BCUT2D eigenvalue weighted by molar-refractivity contribution is 0.102. The number of hydrogen-bond acceptors (Lipinski definition) is 3. The van der Waals surface area contributed by atoms with Gasteiger partial charge in [0.2, 0.25) is 0 Å². The van der Waals surface area contributed by atoms with E-state index in [2.05, 4.69) is 5.32 Å². The summed E-state index contributed by atoms with van der Waals surface area (Å²) < 4.78 is 5.21. The number of aliphatic hydroxyl groups is 1. The highest BCUT2D eigenvalue weighted by molar-refractivity contribution is 6.05. The van der Waals surface area contributed by atoms with Crippen molar-refractivity contribution < 1.29 is 14.3 Å². The number of amides is 1. The molecule has 0 saturated heterocycles. The van der Waals surface area contributed by atoms with Gasteiger partial charge in [0.25, 0.3) is 5.91 Å². The third-order valence-electron chi connectivity index (χ3n) is 2.35. The molecule has 0 atom stereocenters. The topological polar surface area (TPSA) is 62.5 Å². The molecule has 0 radical (unpaired) electrons. The van der Waals surface area contributed by atoms with Crippen molar-refractivity contribution in [1.29, 1.82) is 0 Å². The van der Waals surface area contributed by atoms with Crippen LogP contribution in [0.25, 0.3) is 0 Å². The van der Waals surface area contributed by atoms with Crippen molar-refractivity contribution in [3.05, 3.63) is 53.5 Å². The van der Waals surface area contributed by atoms with Crippen molar-refractivity contribution in [1.82, 2.24) is 0 Å². The van der Waals surface area contributed by atoms with Gasteiger partial charge in [-0.2, -0.15) is 0 Å².